The molecule has 254 valence electrons. The van der Waals surface area contributed by atoms with Gasteiger partial charge in [0.2, 0.25) is 0 Å². The minimum absolute atomic E-state index is 0.970. The van der Waals surface area contributed by atoms with Gasteiger partial charge in [-0.15, -0.1) is 0 Å². The Balaban J connectivity index is 1.06. The summed E-state index contributed by atoms with van der Waals surface area (Å²) in [7, 11) is 4.11. The maximum Gasteiger partial charge on any atom is 0.169 e. The Morgan fingerprint density at radius 1 is 0.365 bits per heavy atom. The van der Waals surface area contributed by atoms with Crippen LogP contribution in [0.3, 0.4) is 0 Å². The molecule has 4 nitrogen and oxygen atoms in total. The molecule has 0 unspecified atom stereocenters. The van der Waals surface area contributed by atoms with Gasteiger partial charge in [0.15, 0.2) is 49.6 Å². The van der Waals surface area contributed by atoms with Crippen LogP contribution in [0.2, 0.25) is 0 Å². The predicted molar refractivity (Wildman–Crippen MR) is 210 cm³/mol. The molecule has 0 aliphatic rings. The average molecular weight is 679 g/mol. The van der Waals surface area contributed by atoms with Gasteiger partial charge >= 0.3 is 0 Å². The molecule has 4 heteroatoms. The van der Waals surface area contributed by atoms with Gasteiger partial charge in [0.1, 0.15) is 27.2 Å². The molecule has 0 atom stereocenters. The standard InChI is InChI=1S/C48H46N4/c1-49-29-19-37(20-30-49)39-23-33-51(34-24-39)27-7-11-43-17-15-41-9-3-5-13-45(41)47(43)48-44(18-16-42-10-4-6-14-46(42)48)12-8-28-52-35-25-40(26-36-52)38-21-31-50(2)32-22-38/h3-6,9-10,13-26,29-36H,7-8,11-12,27-28H2,1-2H3/q+4. The van der Waals surface area contributed by atoms with E-state index in [0.29, 0.717) is 0 Å². The summed E-state index contributed by atoms with van der Waals surface area (Å²) in [5.41, 5.74) is 10.6. The van der Waals surface area contributed by atoms with Crippen LogP contribution in [0.4, 0.5) is 0 Å². The van der Waals surface area contributed by atoms with Crippen LogP contribution in [0.1, 0.15) is 24.0 Å². The van der Waals surface area contributed by atoms with Gasteiger partial charge < -0.3 is 0 Å². The van der Waals surface area contributed by atoms with Gasteiger partial charge in [-0.1, -0.05) is 72.8 Å². The molecule has 0 bridgehead atoms. The number of benzene rings is 4. The van der Waals surface area contributed by atoms with E-state index in [1.54, 1.807) is 0 Å². The first-order valence-electron chi connectivity index (χ1n) is 18.5. The first-order valence-corrected chi connectivity index (χ1v) is 18.5. The van der Waals surface area contributed by atoms with Crippen LogP contribution < -0.4 is 18.3 Å². The van der Waals surface area contributed by atoms with Crippen molar-refractivity contribution in [2.45, 2.75) is 38.8 Å². The third-order valence-corrected chi connectivity index (χ3v) is 10.4. The molecule has 0 aliphatic heterocycles. The van der Waals surface area contributed by atoms with Crippen LogP contribution >= 0.6 is 0 Å². The highest BCUT2D eigenvalue weighted by atomic mass is 14.9. The fourth-order valence-corrected chi connectivity index (χ4v) is 7.53. The minimum Gasteiger partial charge on any atom is -0.208 e. The maximum absolute atomic E-state index is 2.39. The molecular weight excluding hydrogens is 633 g/mol. The lowest BCUT2D eigenvalue weighted by Gasteiger charge is -2.19. The van der Waals surface area contributed by atoms with E-state index >= 15 is 0 Å². The van der Waals surface area contributed by atoms with Gasteiger partial charge in [0, 0.05) is 61.4 Å². The van der Waals surface area contributed by atoms with Gasteiger partial charge in [-0.05, 0) is 78.9 Å². The molecule has 0 N–H and O–H groups in total. The van der Waals surface area contributed by atoms with Crippen molar-refractivity contribution in [3.63, 3.8) is 0 Å². The van der Waals surface area contributed by atoms with Crippen LogP contribution in [-0.2, 0) is 40.0 Å². The molecule has 4 aromatic carbocycles. The summed E-state index contributed by atoms with van der Waals surface area (Å²) in [6, 6.07) is 44.9. The molecule has 8 rings (SSSR count). The Kier molecular flexibility index (Phi) is 9.62. The van der Waals surface area contributed by atoms with E-state index in [4.69, 9.17) is 0 Å². The summed E-state index contributed by atoms with van der Waals surface area (Å²) < 4.78 is 8.78. The topological polar surface area (TPSA) is 15.5 Å². The van der Waals surface area contributed by atoms with Crippen LogP contribution in [0.15, 0.2) is 171 Å². The second kappa shape index (κ2) is 15.1. The summed E-state index contributed by atoms with van der Waals surface area (Å²) in [5, 5.41) is 5.26. The van der Waals surface area contributed by atoms with Crippen molar-refractivity contribution in [2.75, 3.05) is 0 Å². The van der Waals surface area contributed by atoms with Crippen LogP contribution in [0, 0.1) is 0 Å². The maximum atomic E-state index is 2.39. The fraction of sp³-hybridized carbons (Fsp3) is 0.167. The minimum atomic E-state index is 0.970. The summed E-state index contributed by atoms with van der Waals surface area (Å²) in [6.07, 6.45) is 21.4. The first kappa shape index (κ1) is 33.2. The lowest BCUT2D eigenvalue weighted by Crippen LogP contribution is -2.32. The molecule has 8 aromatic rings. The lowest BCUT2D eigenvalue weighted by molar-refractivity contribution is -0.697. The van der Waals surface area contributed by atoms with Crippen LogP contribution in [0.5, 0.6) is 0 Å². The Morgan fingerprint density at radius 2 is 0.712 bits per heavy atom. The quantitative estimate of drug-likeness (QED) is 0.122. The Labute approximate surface area is 307 Å². The van der Waals surface area contributed by atoms with Crippen molar-refractivity contribution < 1.29 is 18.3 Å². The summed E-state index contributed by atoms with van der Waals surface area (Å²) in [5.74, 6) is 0. The molecule has 4 aromatic heterocycles. The van der Waals surface area contributed by atoms with E-state index in [-0.39, 0.29) is 0 Å². The van der Waals surface area contributed by atoms with Crippen molar-refractivity contribution in [3.8, 4) is 33.4 Å². The number of fused-ring (bicyclic) bond motifs is 2. The third kappa shape index (κ3) is 7.24. The average Bonchev–Trinajstić information content (AvgIpc) is 3.19. The van der Waals surface area contributed by atoms with Gasteiger partial charge in [0.05, 0.1) is 0 Å². The van der Waals surface area contributed by atoms with Gasteiger partial charge in [-0.25, -0.2) is 18.3 Å². The number of pyridine rings is 4. The molecule has 0 amide bonds. The van der Waals surface area contributed by atoms with Crippen molar-refractivity contribution in [1.82, 2.24) is 0 Å². The highest BCUT2D eigenvalue weighted by Gasteiger charge is 2.18. The molecule has 0 saturated carbocycles. The van der Waals surface area contributed by atoms with Crippen LogP contribution in [0.25, 0.3) is 54.9 Å². The molecule has 0 radical (unpaired) electrons. The monoisotopic (exact) mass is 678 g/mol. The Morgan fingerprint density at radius 3 is 1.10 bits per heavy atom. The second-order valence-corrected chi connectivity index (χ2v) is 14.0. The zero-order chi connectivity index (χ0) is 35.3. The number of rotatable bonds is 11. The predicted octanol–water partition coefficient (Wildman–Crippen LogP) is 8.48. The van der Waals surface area contributed by atoms with E-state index < -0.39 is 0 Å². The highest BCUT2D eigenvalue weighted by Crippen LogP contribution is 2.40. The smallest absolute Gasteiger partial charge is 0.169 e. The fourth-order valence-electron chi connectivity index (χ4n) is 7.53. The van der Waals surface area contributed by atoms with E-state index in [2.05, 4.69) is 203 Å². The second-order valence-electron chi connectivity index (χ2n) is 14.0. The van der Waals surface area contributed by atoms with E-state index in [9.17, 15) is 0 Å². The molecule has 0 saturated heterocycles. The normalized spacial score (nSPS) is 11.3. The molecule has 0 spiro atoms. The van der Waals surface area contributed by atoms with E-state index in [1.807, 2.05) is 0 Å². The molecule has 0 fully saturated rings. The zero-order valence-corrected chi connectivity index (χ0v) is 30.2. The largest absolute Gasteiger partial charge is 0.208 e. The van der Waals surface area contributed by atoms with Crippen molar-refractivity contribution in [1.29, 1.82) is 0 Å². The van der Waals surface area contributed by atoms with Crippen molar-refractivity contribution in [2.24, 2.45) is 14.1 Å². The number of aryl methyl sites for hydroxylation is 6. The zero-order valence-electron chi connectivity index (χ0n) is 30.2. The first-order chi connectivity index (χ1) is 25.6. The number of nitrogens with zero attached hydrogens (tertiary/aromatic N) is 4. The lowest BCUT2D eigenvalue weighted by atomic mass is 9.85. The Bertz CT molecular complexity index is 2270. The number of aromatic nitrogens is 4. The van der Waals surface area contributed by atoms with Crippen molar-refractivity contribution >= 4 is 21.5 Å². The summed E-state index contributed by atoms with van der Waals surface area (Å²) in [4.78, 5) is 0. The highest BCUT2D eigenvalue weighted by molar-refractivity contribution is 6.07. The third-order valence-electron chi connectivity index (χ3n) is 10.4. The van der Waals surface area contributed by atoms with Crippen LogP contribution in [-0.4, -0.2) is 0 Å². The van der Waals surface area contributed by atoms with E-state index in [0.717, 1.165) is 38.8 Å². The molecule has 0 aliphatic carbocycles. The SMILES string of the molecule is C[n+]1ccc(-c2cc[n+](CCCc3ccc4ccccc4c3-c3c(CCC[n+]4ccc(-c5cc[n+](C)cc5)cc4)ccc4ccccc34)cc2)cc1. The molecular formula is C48H46N4+4. The molecule has 52 heavy (non-hydrogen) atoms. The van der Waals surface area contributed by atoms with Gasteiger partial charge in [0.25, 0.3) is 0 Å². The van der Waals surface area contributed by atoms with Gasteiger partial charge in [-0.3, -0.25) is 0 Å². The molecule has 4 heterocycles. The van der Waals surface area contributed by atoms with E-state index in [1.165, 1.54) is 66.1 Å². The number of hydrogen-bond acceptors (Lipinski definition) is 0. The Hall–Kier alpha value is -6.00. The number of hydrogen-bond donors (Lipinski definition) is 0. The van der Waals surface area contributed by atoms with Crippen molar-refractivity contribution in [3.05, 3.63) is 182 Å². The van der Waals surface area contributed by atoms with Gasteiger partial charge in [-0.2, -0.15) is 0 Å². The summed E-state index contributed by atoms with van der Waals surface area (Å²) >= 11 is 0. The summed E-state index contributed by atoms with van der Waals surface area (Å²) in [6.45, 7) is 1.94.